The van der Waals surface area contributed by atoms with Crippen molar-refractivity contribution in [3.63, 3.8) is 0 Å². The molecule has 1 aromatic carbocycles. The minimum atomic E-state index is -3.60. The molecule has 25 heavy (non-hydrogen) atoms. The van der Waals surface area contributed by atoms with Crippen molar-refractivity contribution < 1.29 is 28.7 Å². The molecule has 0 bridgehead atoms. The molecule has 0 saturated carbocycles. The lowest BCUT2D eigenvalue weighted by atomic mass is 9.96. The van der Waals surface area contributed by atoms with E-state index in [9.17, 15) is 24.0 Å². The second-order valence-electron chi connectivity index (χ2n) is 5.45. The standard InChI is InChI=1S/C14H19F2N3O5.ClH/c1-24-11-7-9(19(22)23)6-10(12(11)21)13(14(15,16)8-20)18-4-2-17-3-5-18;/h6-7,13,17,20-21H,2-5,8H2,1H3;1H/t13-;/m1./s1. The number of ether oxygens (including phenoxy) is 1. The van der Waals surface area contributed by atoms with Crippen LogP contribution in [0.25, 0.3) is 0 Å². The van der Waals surface area contributed by atoms with Gasteiger partial charge in [0, 0.05) is 37.8 Å². The molecule has 8 nitrogen and oxygen atoms in total. The van der Waals surface area contributed by atoms with Gasteiger partial charge in [0.05, 0.1) is 18.1 Å². The highest BCUT2D eigenvalue weighted by atomic mass is 35.5. The van der Waals surface area contributed by atoms with Crippen molar-refractivity contribution in [1.82, 2.24) is 10.2 Å². The quantitative estimate of drug-likeness (QED) is 0.502. The summed E-state index contributed by atoms with van der Waals surface area (Å²) in [4.78, 5) is 11.7. The monoisotopic (exact) mass is 383 g/mol. The summed E-state index contributed by atoms with van der Waals surface area (Å²) in [6, 6.07) is 0.150. The molecule has 1 heterocycles. The van der Waals surface area contributed by atoms with Crippen LogP contribution in [0.1, 0.15) is 11.6 Å². The third kappa shape index (κ3) is 4.46. The topological polar surface area (TPSA) is 108 Å². The summed E-state index contributed by atoms with van der Waals surface area (Å²) < 4.78 is 33.7. The Morgan fingerprint density at radius 2 is 2.04 bits per heavy atom. The van der Waals surface area contributed by atoms with Crippen molar-refractivity contribution in [3.05, 3.63) is 27.8 Å². The SMILES string of the molecule is COc1cc([N+](=O)[O-])cc([C@@H](N2CCNCC2)C(F)(F)CO)c1O.Cl. The minimum absolute atomic E-state index is 0. The maximum Gasteiger partial charge on any atom is 0.290 e. The van der Waals surface area contributed by atoms with E-state index in [-0.39, 0.29) is 36.8 Å². The second kappa shape index (κ2) is 8.56. The smallest absolute Gasteiger partial charge is 0.290 e. The third-order valence-corrected chi connectivity index (χ3v) is 3.94. The normalized spacial score (nSPS) is 16.8. The van der Waals surface area contributed by atoms with E-state index in [1.807, 2.05) is 0 Å². The zero-order valence-electron chi connectivity index (χ0n) is 13.4. The fourth-order valence-corrected chi connectivity index (χ4v) is 2.80. The van der Waals surface area contributed by atoms with Crippen molar-refractivity contribution in [2.24, 2.45) is 0 Å². The van der Waals surface area contributed by atoms with Gasteiger partial charge >= 0.3 is 0 Å². The molecule has 0 amide bonds. The molecule has 1 saturated heterocycles. The first-order valence-corrected chi connectivity index (χ1v) is 7.30. The van der Waals surface area contributed by atoms with Crippen LogP contribution in [0.5, 0.6) is 11.5 Å². The van der Waals surface area contributed by atoms with Crippen LogP contribution in [0.2, 0.25) is 0 Å². The van der Waals surface area contributed by atoms with Gasteiger partial charge < -0.3 is 20.3 Å². The number of aliphatic hydroxyl groups excluding tert-OH is 1. The second-order valence-corrected chi connectivity index (χ2v) is 5.45. The van der Waals surface area contributed by atoms with Crippen LogP contribution in [-0.2, 0) is 0 Å². The van der Waals surface area contributed by atoms with Gasteiger partial charge in [-0.2, -0.15) is 0 Å². The first-order chi connectivity index (χ1) is 11.3. The Bertz CT molecular complexity index is 614. The van der Waals surface area contributed by atoms with Gasteiger partial charge in [-0.1, -0.05) is 0 Å². The Balaban J connectivity index is 0.00000312. The number of hydrogen-bond donors (Lipinski definition) is 3. The predicted molar refractivity (Wildman–Crippen MR) is 87.8 cm³/mol. The van der Waals surface area contributed by atoms with E-state index in [0.29, 0.717) is 13.1 Å². The van der Waals surface area contributed by atoms with Crippen molar-refractivity contribution in [3.8, 4) is 11.5 Å². The number of rotatable bonds is 6. The van der Waals surface area contributed by atoms with Crippen molar-refractivity contribution in [2.45, 2.75) is 12.0 Å². The number of nitro groups is 1. The average molecular weight is 384 g/mol. The molecule has 0 radical (unpaired) electrons. The summed E-state index contributed by atoms with van der Waals surface area (Å²) in [5.41, 5.74) is -0.824. The number of phenols is 1. The number of nitrogens with one attached hydrogen (secondary N) is 1. The number of hydrogen-bond acceptors (Lipinski definition) is 7. The number of nitrogens with zero attached hydrogens (tertiary/aromatic N) is 2. The molecule has 0 spiro atoms. The molecular weight excluding hydrogens is 364 g/mol. The summed E-state index contributed by atoms with van der Waals surface area (Å²) in [7, 11) is 1.17. The summed E-state index contributed by atoms with van der Waals surface area (Å²) >= 11 is 0. The highest BCUT2D eigenvalue weighted by molar-refractivity contribution is 5.85. The minimum Gasteiger partial charge on any atom is -0.504 e. The number of non-ortho nitro benzene ring substituents is 1. The molecular formula is C14H20ClF2N3O5. The van der Waals surface area contributed by atoms with Crippen LogP contribution in [0.4, 0.5) is 14.5 Å². The number of phenolic OH excluding ortho intramolecular Hbond substituents is 1. The number of benzene rings is 1. The number of piperazine rings is 1. The van der Waals surface area contributed by atoms with E-state index in [4.69, 9.17) is 9.84 Å². The number of methoxy groups -OCH3 is 1. The summed E-state index contributed by atoms with van der Waals surface area (Å²) in [5.74, 6) is -4.47. The van der Waals surface area contributed by atoms with Crippen LogP contribution in [0.3, 0.4) is 0 Å². The molecule has 0 aliphatic carbocycles. The summed E-state index contributed by atoms with van der Waals surface area (Å²) in [6.07, 6.45) is 0. The van der Waals surface area contributed by atoms with Crippen LogP contribution < -0.4 is 10.1 Å². The first-order valence-electron chi connectivity index (χ1n) is 7.30. The molecule has 1 aromatic rings. The van der Waals surface area contributed by atoms with Crippen molar-refractivity contribution in [2.75, 3.05) is 39.9 Å². The molecule has 1 aliphatic heterocycles. The first kappa shape index (κ1) is 21.3. The number of alkyl halides is 2. The molecule has 2 rings (SSSR count). The van der Waals surface area contributed by atoms with Gasteiger partial charge in [0.25, 0.3) is 11.6 Å². The van der Waals surface area contributed by atoms with E-state index >= 15 is 0 Å². The Kier molecular flexibility index (Phi) is 7.29. The summed E-state index contributed by atoms with van der Waals surface area (Å²) in [5, 5.41) is 33.4. The van der Waals surface area contributed by atoms with Gasteiger partial charge in [-0.25, -0.2) is 8.78 Å². The Morgan fingerprint density at radius 3 is 2.52 bits per heavy atom. The lowest BCUT2D eigenvalue weighted by Crippen LogP contribution is -2.51. The lowest BCUT2D eigenvalue weighted by molar-refractivity contribution is -0.385. The zero-order chi connectivity index (χ0) is 17.9. The molecule has 1 atom stereocenters. The maximum absolute atomic E-state index is 14.4. The molecule has 1 fully saturated rings. The fraction of sp³-hybridized carbons (Fsp3) is 0.571. The predicted octanol–water partition coefficient (Wildman–Crippen LogP) is 1.30. The number of aliphatic hydroxyl groups is 1. The van der Waals surface area contributed by atoms with E-state index < -0.39 is 34.9 Å². The third-order valence-electron chi connectivity index (χ3n) is 3.94. The largest absolute Gasteiger partial charge is 0.504 e. The number of halogens is 3. The van der Waals surface area contributed by atoms with Crippen LogP contribution in [0, 0.1) is 10.1 Å². The highest BCUT2D eigenvalue weighted by Crippen LogP contribution is 2.45. The Hall–Kier alpha value is -1.75. The molecule has 3 N–H and O–H groups in total. The van der Waals surface area contributed by atoms with Gasteiger partial charge in [-0.05, 0) is 0 Å². The molecule has 0 unspecified atom stereocenters. The van der Waals surface area contributed by atoms with Crippen LogP contribution in [0.15, 0.2) is 12.1 Å². The van der Waals surface area contributed by atoms with Gasteiger partial charge in [0.1, 0.15) is 12.6 Å². The van der Waals surface area contributed by atoms with E-state index in [2.05, 4.69) is 5.32 Å². The average Bonchev–Trinajstić information content (AvgIpc) is 2.57. The van der Waals surface area contributed by atoms with Gasteiger partial charge in [0.15, 0.2) is 11.5 Å². The molecule has 11 heteroatoms. The highest BCUT2D eigenvalue weighted by Gasteiger charge is 2.46. The lowest BCUT2D eigenvalue weighted by Gasteiger charge is -2.38. The molecule has 0 aromatic heterocycles. The van der Waals surface area contributed by atoms with Crippen LogP contribution >= 0.6 is 12.4 Å². The van der Waals surface area contributed by atoms with E-state index in [1.54, 1.807) is 0 Å². The van der Waals surface area contributed by atoms with Crippen LogP contribution in [-0.4, -0.2) is 65.9 Å². The van der Waals surface area contributed by atoms with E-state index in [0.717, 1.165) is 12.1 Å². The molecule has 142 valence electrons. The van der Waals surface area contributed by atoms with Gasteiger partial charge in [-0.15, -0.1) is 12.4 Å². The Morgan fingerprint density at radius 1 is 1.44 bits per heavy atom. The zero-order valence-corrected chi connectivity index (χ0v) is 14.3. The number of nitro benzene ring substituents is 1. The number of aromatic hydroxyl groups is 1. The van der Waals surface area contributed by atoms with E-state index in [1.165, 1.54) is 12.0 Å². The van der Waals surface area contributed by atoms with Gasteiger partial charge in [0.2, 0.25) is 0 Å². The summed E-state index contributed by atoms with van der Waals surface area (Å²) in [6.45, 7) is -0.0723. The van der Waals surface area contributed by atoms with Gasteiger partial charge in [-0.3, -0.25) is 15.0 Å². The Labute approximate surface area is 148 Å². The fourth-order valence-electron chi connectivity index (χ4n) is 2.80. The molecule has 1 aliphatic rings. The van der Waals surface area contributed by atoms with Crippen molar-refractivity contribution >= 4 is 18.1 Å². The maximum atomic E-state index is 14.4. The van der Waals surface area contributed by atoms with Crippen molar-refractivity contribution in [1.29, 1.82) is 0 Å².